The van der Waals surface area contributed by atoms with Crippen LogP contribution in [0.2, 0.25) is 0 Å². The molecule has 0 aromatic heterocycles. The Kier molecular flexibility index (Phi) is 8.55. The molecule has 0 saturated carbocycles. The number of benzene rings is 1. The third-order valence-corrected chi connectivity index (χ3v) is 4.47. The standard InChI is InChI=1S/C19H34N4O2/c1-13(2)14(3)22-19(20-4)21-12-16(23(5)6)15-9-10-17(24-7)18(11-15)25-8/h9-11,13-14,16H,12H2,1-8H3,(H2,20,21,22). The smallest absolute Gasteiger partial charge is 0.191 e. The van der Waals surface area contributed by atoms with Gasteiger partial charge in [0.25, 0.3) is 0 Å². The van der Waals surface area contributed by atoms with Gasteiger partial charge in [-0.3, -0.25) is 4.99 Å². The average Bonchev–Trinajstić information content (AvgIpc) is 2.59. The predicted molar refractivity (Wildman–Crippen MR) is 105 cm³/mol. The van der Waals surface area contributed by atoms with Gasteiger partial charge in [0.15, 0.2) is 17.5 Å². The summed E-state index contributed by atoms with van der Waals surface area (Å²) in [4.78, 5) is 6.50. The van der Waals surface area contributed by atoms with E-state index in [0.29, 0.717) is 12.0 Å². The van der Waals surface area contributed by atoms with E-state index in [1.807, 2.05) is 12.1 Å². The Hall–Kier alpha value is -1.95. The van der Waals surface area contributed by atoms with Gasteiger partial charge in [-0.2, -0.15) is 0 Å². The van der Waals surface area contributed by atoms with Crippen molar-refractivity contribution >= 4 is 5.96 Å². The molecule has 1 aromatic rings. The molecule has 142 valence electrons. The lowest BCUT2D eigenvalue weighted by molar-refractivity contribution is 0.295. The molecule has 0 bridgehead atoms. The van der Waals surface area contributed by atoms with Gasteiger partial charge in [0, 0.05) is 19.6 Å². The summed E-state index contributed by atoms with van der Waals surface area (Å²) in [6.45, 7) is 7.27. The van der Waals surface area contributed by atoms with Gasteiger partial charge < -0.3 is 25.0 Å². The summed E-state index contributed by atoms with van der Waals surface area (Å²) in [6.07, 6.45) is 0. The van der Waals surface area contributed by atoms with Crippen LogP contribution in [0.5, 0.6) is 11.5 Å². The van der Waals surface area contributed by atoms with Crippen LogP contribution in [0.4, 0.5) is 0 Å². The molecule has 25 heavy (non-hydrogen) atoms. The van der Waals surface area contributed by atoms with Crippen molar-refractivity contribution in [1.82, 2.24) is 15.5 Å². The highest BCUT2D eigenvalue weighted by atomic mass is 16.5. The zero-order valence-electron chi connectivity index (χ0n) is 16.9. The van der Waals surface area contributed by atoms with Crippen molar-refractivity contribution in [2.45, 2.75) is 32.9 Å². The fourth-order valence-electron chi connectivity index (χ4n) is 2.43. The van der Waals surface area contributed by atoms with Gasteiger partial charge in [-0.25, -0.2) is 0 Å². The molecule has 0 aliphatic rings. The molecule has 2 N–H and O–H groups in total. The maximum Gasteiger partial charge on any atom is 0.191 e. The summed E-state index contributed by atoms with van der Waals surface area (Å²) in [6, 6.07) is 6.56. The van der Waals surface area contributed by atoms with Crippen molar-refractivity contribution < 1.29 is 9.47 Å². The first-order chi connectivity index (χ1) is 11.8. The van der Waals surface area contributed by atoms with Gasteiger partial charge in [-0.15, -0.1) is 0 Å². The van der Waals surface area contributed by atoms with Gasteiger partial charge in [-0.05, 0) is 44.6 Å². The molecule has 2 atom stereocenters. The second kappa shape index (κ2) is 10.1. The number of nitrogens with zero attached hydrogens (tertiary/aromatic N) is 2. The molecule has 1 rings (SSSR count). The molecule has 2 unspecified atom stereocenters. The minimum atomic E-state index is 0.174. The van der Waals surface area contributed by atoms with E-state index in [0.717, 1.165) is 29.6 Å². The first kappa shape index (κ1) is 21.1. The highest BCUT2D eigenvalue weighted by molar-refractivity contribution is 5.80. The van der Waals surface area contributed by atoms with Crippen LogP contribution < -0.4 is 20.1 Å². The van der Waals surface area contributed by atoms with Gasteiger partial charge in [0.1, 0.15) is 0 Å². The molecular weight excluding hydrogens is 316 g/mol. The molecule has 6 heteroatoms. The van der Waals surface area contributed by atoms with Gasteiger partial charge in [0.05, 0.1) is 20.3 Å². The van der Waals surface area contributed by atoms with Crippen molar-refractivity contribution in [3.63, 3.8) is 0 Å². The van der Waals surface area contributed by atoms with E-state index in [2.05, 4.69) is 61.5 Å². The number of guanidine groups is 1. The molecule has 0 aliphatic heterocycles. The number of aliphatic imine (C=N–C) groups is 1. The Morgan fingerprint density at radius 3 is 2.24 bits per heavy atom. The van der Waals surface area contributed by atoms with Crippen LogP contribution in [-0.2, 0) is 0 Å². The Morgan fingerprint density at radius 2 is 1.76 bits per heavy atom. The van der Waals surface area contributed by atoms with Crippen LogP contribution in [0.25, 0.3) is 0 Å². The van der Waals surface area contributed by atoms with Crippen molar-refractivity contribution in [2.24, 2.45) is 10.9 Å². The molecular formula is C19H34N4O2. The summed E-state index contributed by atoms with van der Waals surface area (Å²) in [5.41, 5.74) is 1.16. The van der Waals surface area contributed by atoms with E-state index in [9.17, 15) is 0 Å². The normalized spacial score (nSPS) is 14.4. The van der Waals surface area contributed by atoms with Crippen LogP contribution in [0.1, 0.15) is 32.4 Å². The van der Waals surface area contributed by atoms with Crippen molar-refractivity contribution in [2.75, 3.05) is 41.9 Å². The van der Waals surface area contributed by atoms with Gasteiger partial charge in [0.2, 0.25) is 0 Å². The summed E-state index contributed by atoms with van der Waals surface area (Å²) >= 11 is 0. The SMILES string of the molecule is CN=C(NCC(c1ccc(OC)c(OC)c1)N(C)C)NC(C)C(C)C. The van der Waals surface area contributed by atoms with Crippen molar-refractivity contribution in [3.8, 4) is 11.5 Å². The summed E-state index contributed by atoms with van der Waals surface area (Å²) < 4.78 is 10.8. The zero-order chi connectivity index (χ0) is 19.0. The number of likely N-dealkylation sites (N-methyl/N-ethyl adjacent to an activating group) is 1. The van der Waals surface area contributed by atoms with E-state index in [-0.39, 0.29) is 6.04 Å². The minimum Gasteiger partial charge on any atom is -0.493 e. The quantitative estimate of drug-likeness (QED) is 0.557. The van der Waals surface area contributed by atoms with Crippen LogP contribution in [0.15, 0.2) is 23.2 Å². The van der Waals surface area contributed by atoms with Crippen LogP contribution in [0.3, 0.4) is 0 Å². The molecule has 0 amide bonds. The molecule has 1 aromatic carbocycles. The maximum absolute atomic E-state index is 5.43. The second-order valence-electron chi connectivity index (χ2n) is 6.72. The minimum absolute atomic E-state index is 0.174. The topological polar surface area (TPSA) is 58.1 Å². The van der Waals surface area contributed by atoms with Crippen molar-refractivity contribution in [3.05, 3.63) is 23.8 Å². The monoisotopic (exact) mass is 350 g/mol. The molecule has 0 radical (unpaired) electrons. The second-order valence-corrected chi connectivity index (χ2v) is 6.72. The van der Waals surface area contributed by atoms with E-state index in [4.69, 9.17) is 9.47 Å². The predicted octanol–water partition coefficient (Wildman–Crippen LogP) is 2.52. The lowest BCUT2D eigenvalue weighted by Gasteiger charge is -2.28. The number of hydrogen-bond donors (Lipinski definition) is 2. The Morgan fingerprint density at radius 1 is 1.12 bits per heavy atom. The number of ether oxygens (including phenoxy) is 2. The molecule has 0 saturated heterocycles. The lowest BCUT2D eigenvalue weighted by Crippen LogP contribution is -2.46. The van der Waals surface area contributed by atoms with E-state index in [1.54, 1.807) is 21.3 Å². The van der Waals surface area contributed by atoms with Crippen molar-refractivity contribution in [1.29, 1.82) is 0 Å². The van der Waals surface area contributed by atoms with E-state index < -0.39 is 0 Å². The van der Waals surface area contributed by atoms with Crippen LogP contribution in [0, 0.1) is 5.92 Å². The maximum atomic E-state index is 5.43. The van der Waals surface area contributed by atoms with Crippen LogP contribution >= 0.6 is 0 Å². The third kappa shape index (κ3) is 6.12. The molecule has 6 nitrogen and oxygen atoms in total. The van der Waals surface area contributed by atoms with Gasteiger partial charge in [-0.1, -0.05) is 19.9 Å². The van der Waals surface area contributed by atoms with E-state index in [1.165, 1.54) is 0 Å². The average molecular weight is 351 g/mol. The summed E-state index contributed by atoms with van der Waals surface area (Å²) in [7, 11) is 9.23. The molecule has 0 spiro atoms. The largest absolute Gasteiger partial charge is 0.493 e. The third-order valence-electron chi connectivity index (χ3n) is 4.47. The number of hydrogen-bond acceptors (Lipinski definition) is 4. The molecule has 0 heterocycles. The molecule has 0 fully saturated rings. The highest BCUT2D eigenvalue weighted by Crippen LogP contribution is 2.31. The lowest BCUT2D eigenvalue weighted by atomic mass is 10.0. The van der Waals surface area contributed by atoms with Crippen LogP contribution in [-0.4, -0.2) is 58.8 Å². The fourth-order valence-corrected chi connectivity index (χ4v) is 2.43. The van der Waals surface area contributed by atoms with Gasteiger partial charge >= 0.3 is 0 Å². The number of methoxy groups -OCH3 is 2. The zero-order valence-corrected chi connectivity index (χ0v) is 16.9. The first-order valence-corrected chi connectivity index (χ1v) is 8.69. The Balaban J connectivity index is 2.87. The summed E-state index contributed by atoms with van der Waals surface area (Å²) in [5.74, 6) is 2.82. The Bertz CT molecular complexity index is 558. The number of nitrogens with one attached hydrogen (secondary N) is 2. The first-order valence-electron chi connectivity index (χ1n) is 8.69. The number of rotatable bonds is 8. The Labute approximate surface area is 152 Å². The van der Waals surface area contributed by atoms with E-state index >= 15 is 0 Å². The fraction of sp³-hybridized carbons (Fsp3) is 0.632. The molecule has 0 aliphatic carbocycles. The summed E-state index contributed by atoms with van der Waals surface area (Å²) in [5, 5.41) is 6.85. The highest BCUT2D eigenvalue weighted by Gasteiger charge is 2.18.